The van der Waals surface area contributed by atoms with Gasteiger partial charge in [-0.2, -0.15) is 0 Å². The zero-order valence-corrected chi connectivity index (χ0v) is 14.2. The molecule has 0 atom stereocenters. The third-order valence-electron chi connectivity index (χ3n) is 4.50. The van der Waals surface area contributed by atoms with Gasteiger partial charge in [0, 0.05) is 24.7 Å². The molecule has 7 nitrogen and oxygen atoms in total. The van der Waals surface area contributed by atoms with E-state index in [1.54, 1.807) is 12.1 Å². The van der Waals surface area contributed by atoms with E-state index in [-0.39, 0.29) is 18.5 Å². The number of nitrogens with zero attached hydrogens (tertiary/aromatic N) is 1. The highest BCUT2D eigenvalue weighted by Gasteiger charge is 2.36. The molecule has 1 amide bonds. The zero-order valence-electron chi connectivity index (χ0n) is 14.2. The quantitative estimate of drug-likeness (QED) is 0.844. The maximum atomic E-state index is 12.8. The second kappa shape index (κ2) is 6.41. The highest BCUT2D eigenvalue weighted by atomic mass is 16.7. The Hall–Kier alpha value is -2.12. The maximum absolute atomic E-state index is 12.8. The molecular formula is C17H22N2O5. The van der Waals surface area contributed by atoms with Crippen LogP contribution in [-0.4, -0.2) is 55.2 Å². The Kier molecular flexibility index (Phi) is 4.47. The van der Waals surface area contributed by atoms with Gasteiger partial charge >= 0.3 is 0 Å². The summed E-state index contributed by atoms with van der Waals surface area (Å²) in [5, 5.41) is 2.88. The maximum Gasteiger partial charge on any atom is 0.244 e. The summed E-state index contributed by atoms with van der Waals surface area (Å²) in [6, 6.07) is 3.26. The van der Waals surface area contributed by atoms with Gasteiger partial charge in [-0.15, -0.1) is 0 Å². The van der Waals surface area contributed by atoms with Crippen LogP contribution in [0.5, 0.6) is 11.5 Å². The summed E-state index contributed by atoms with van der Waals surface area (Å²) in [5.74, 6) is 0.726. The number of morpholine rings is 1. The molecule has 1 aromatic carbocycles. The van der Waals surface area contributed by atoms with Crippen LogP contribution in [-0.2, 0) is 9.53 Å². The van der Waals surface area contributed by atoms with E-state index in [2.05, 4.69) is 10.2 Å². The van der Waals surface area contributed by atoms with Gasteiger partial charge in [0.05, 0.1) is 24.4 Å². The van der Waals surface area contributed by atoms with Gasteiger partial charge in [0.1, 0.15) is 0 Å². The lowest BCUT2D eigenvalue weighted by Crippen LogP contribution is -2.56. The van der Waals surface area contributed by atoms with E-state index in [9.17, 15) is 9.59 Å². The monoisotopic (exact) mass is 334 g/mol. The average Bonchev–Trinajstić information content (AvgIpc) is 3.02. The van der Waals surface area contributed by atoms with Crippen molar-refractivity contribution in [2.24, 2.45) is 0 Å². The Balaban J connectivity index is 1.84. The minimum atomic E-state index is -0.714. The first-order valence-corrected chi connectivity index (χ1v) is 7.98. The third-order valence-corrected chi connectivity index (χ3v) is 4.50. The summed E-state index contributed by atoms with van der Waals surface area (Å²) in [5.41, 5.74) is 0.136. The number of amides is 1. The van der Waals surface area contributed by atoms with Crippen molar-refractivity contribution in [2.75, 3.05) is 38.4 Å². The first kappa shape index (κ1) is 16.7. The summed E-state index contributed by atoms with van der Waals surface area (Å²) in [4.78, 5) is 26.8. The Morgan fingerprint density at radius 1 is 1.12 bits per heavy atom. The molecule has 1 fully saturated rings. The Bertz CT molecular complexity index is 665. The topological polar surface area (TPSA) is 77.1 Å². The van der Waals surface area contributed by atoms with Crippen molar-refractivity contribution in [1.29, 1.82) is 0 Å². The number of ketones is 1. The number of ether oxygens (including phenoxy) is 3. The molecule has 130 valence electrons. The van der Waals surface area contributed by atoms with E-state index in [0.717, 1.165) is 0 Å². The van der Waals surface area contributed by atoms with Gasteiger partial charge < -0.3 is 19.5 Å². The molecule has 0 saturated carbocycles. The average molecular weight is 334 g/mol. The van der Waals surface area contributed by atoms with Gasteiger partial charge in [0.25, 0.3) is 0 Å². The standard InChI is InChI=1S/C17H22N2O5/c1-11(20)12-8-14-15(24-10-23-14)9-13(12)18-16(21)17(2,3)19-4-6-22-7-5-19/h8-9H,4-7,10H2,1-3H3,(H,18,21). The first-order valence-electron chi connectivity index (χ1n) is 7.98. The summed E-state index contributed by atoms with van der Waals surface area (Å²) >= 11 is 0. The van der Waals surface area contributed by atoms with Crippen molar-refractivity contribution in [3.05, 3.63) is 17.7 Å². The summed E-state index contributed by atoms with van der Waals surface area (Å²) < 4.78 is 16.0. The molecule has 2 aliphatic heterocycles. The lowest BCUT2D eigenvalue weighted by atomic mass is 10.00. The van der Waals surface area contributed by atoms with Crippen LogP contribution in [0.4, 0.5) is 5.69 Å². The number of carbonyl (C=O) groups is 2. The lowest BCUT2D eigenvalue weighted by molar-refractivity contribution is -0.129. The predicted octanol–water partition coefficient (Wildman–Crippen LogP) is 1.67. The first-order chi connectivity index (χ1) is 11.4. The zero-order chi connectivity index (χ0) is 17.3. The summed E-state index contributed by atoms with van der Waals surface area (Å²) in [6.07, 6.45) is 0. The Morgan fingerprint density at radius 3 is 2.38 bits per heavy atom. The van der Waals surface area contributed by atoms with E-state index in [4.69, 9.17) is 14.2 Å². The molecule has 0 aliphatic carbocycles. The number of hydrogen-bond acceptors (Lipinski definition) is 6. The van der Waals surface area contributed by atoms with E-state index >= 15 is 0 Å². The van der Waals surface area contributed by atoms with Crippen LogP contribution >= 0.6 is 0 Å². The molecular weight excluding hydrogens is 312 g/mol. The molecule has 7 heteroatoms. The molecule has 0 radical (unpaired) electrons. The van der Waals surface area contributed by atoms with Crippen molar-refractivity contribution >= 4 is 17.4 Å². The van der Waals surface area contributed by atoms with Crippen molar-refractivity contribution in [2.45, 2.75) is 26.3 Å². The normalized spacial score (nSPS) is 17.6. The Labute approximate surface area is 140 Å². The minimum absolute atomic E-state index is 0.114. The van der Waals surface area contributed by atoms with Gasteiger partial charge in [-0.3, -0.25) is 14.5 Å². The number of anilines is 1. The number of hydrogen-bond donors (Lipinski definition) is 1. The molecule has 1 N–H and O–H groups in total. The fourth-order valence-electron chi connectivity index (χ4n) is 2.88. The molecule has 0 bridgehead atoms. The molecule has 3 rings (SSSR count). The van der Waals surface area contributed by atoms with E-state index < -0.39 is 5.54 Å². The van der Waals surface area contributed by atoms with E-state index in [1.165, 1.54) is 6.92 Å². The van der Waals surface area contributed by atoms with Crippen molar-refractivity contribution in [3.8, 4) is 11.5 Å². The SMILES string of the molecule is CC(=O)c1cc2c(cc1NC(=O)C(C)(C)N1CCOCC1)OCO2. The molecule has 0 spiro atoms. The van der Waals surface area contributed by atoms with E-state index in [1.807, 2.05) is 13.8 Å². The second-order valence-electron chi connectivity index (χ2n) is 6.42. The number of fused-ring (bicyclic) bond motifs is 1. The van der Waals surface area contributed by atoms with Gasteiger partial charge in [0.2, 0.25) is 12.7 Å². The molecule has 24 heavy (non-hydrogen) atoms. The second-order valence-corrected chi connectivity index (χ2v) is 6.42. The summed E-state index contributed by atoms with van der Waals surface area (Å²) in [6.45, 7) is 7.92. The minimum Gasteiger partial charge on any atom is -0.454 e. The van der Waals surface area contributed by atoms with Crippen LogP contribution in [0.3, 0.4) is 0 Å². The number of nitrogens with one attached hydrogen (secondary N) is 1. The van der Waals surface area contributed by atoms with Crippen molar-refractivity contribution in [1.82, 2.24) is 4.90 Å². The van der Waals surface area contributed by atoms with Crippen LogP contribution in [0.15, 0.2) is 12.1 Å². The predicted molar refractivity (Wildman–Crippen MR) is 87.7 cm³/mol. The largest absolute Gasteiger partial charge is 0.454 e. The van der Waals surface area contributed by atoms with Crippen LogP contribution < -0.4 is 14.8 Å². The van der Waals surface area contributed by atoms with Crippen LogP contribution in [0.25, 0.3) is 0 Å². The number of rotatable bonds is 4. The molecule has 2 aliphatic rings. The third kappa shape index (κ3) is 3.09. The molecule has 1 saturated heterocycles. The van der Waals surface area contributed by atoms with Crippen molar-refractivity contribution in [3.63, 3.8) is 0 Å². The number of benzene rings is 1. The smallest absolute Gasteiger partial charge is 0.244 e. The van der Waals surface area contributed by atoms with Crippen LogP contribution in [0, 0.1) is 0 Å². The fraction of sp³-hybridized carbons (Fsp3) is 0.529. The molecule has 0 unspecified atom stereocenters. The van der Waals surface area contributed by atoms with Crippen LogP contribution in [0.1, 0.15) is 31.1 Å². The lowest BCUT2D eigenvalue weighted by Gasteiger charge is -2.39. The highest BCUT2D eigenvalue weighted by molar-refractivity contribution is 6.06. The molecule has 1 aromatic rings. The highest BCUT2D eigenvalue weighted by Crippen LogP contribution is 2.37. The van der Waals surface area contributed by atoms with Gasteiger partial charge in [-0.1, -0.05) is 0 Å². The fourth-order valence-corrected chi connectivity index (χ4v) is 2.88. The van der Waals surface area contributed by atoms with Gasteiger partial charge in [-0.25, -0.2) is 0 Å². The van der Waals surface area contributed by atoms with Gasteiger partial charge in [-0.05, 0) is 26.8 Å². The van der Waals surface area contributed by atoms with E-state index in [0.29, 0.717) is 49.1 Å². The Morgan fingerprint density at radius 2 is 1.75 bits per heavy atom. The van der Waals surface area contributed by atoms with Crippen LogP contribution in [0.2, 0.25) is 0 Å². The van der Waals surface area contributed by atoms with Gasteiger partial charge in [0.15, 0.2) is 17.3 Å². The summed E-state index contributed by atoms with van der Waals surface area (Å²) in [7, 11) is 0. The molecule has 0 aromatic heterocycles. The van der Waals surface area contributed by atoms with Crippen molar-refractivity contribution < 1.29 is 23.8 Å². The number of Topliss-reactive ketones (excluding diaryl/α,β-unsaturated/α-hetero) is 1. The molecule has 2 heterocycles. The number of carbonyl (C=O) groups excluding carboxylic acids is 2.